The minimum Gasteiger partial charge on any atom is -0.393 e. The van der Waals surface area contributed by atoms with Crippen molar-refractivity contribution in [2.24, 2.45) is 11.1 Å². The summed E-state index contributed by atoms with van der Waals surface area (Å²) in [6.45, 7) is 0.179. The van der Waals surface area contributed by atoms with Crippen LogP contribution in [-0.4, -0.2) is 32.4 Å². The van der Waals surface area contributed by atoms with Crippen LogP contribution in [0.5, 0.6) is 0 Å². The average Bonchev–Trinajstić information content (AvgIpc) is 3.28. The van der Waals surface area contributed by atoms with Crippen molar-refractivity contribution in [3.63, 3.8) is 0 Å². The molecule has 24 heavy (non-hydrogen) atoms. The molecule has 3 rings (SSSR count). The molecule has 0 unspecified atom stereocenters. The van der Waals surface area contributed by atoms with E-state index < -0.39 is 20.5 Å². The lowest BCUT2D eigenvalue weighted by Gasteiger charge is -2.16. The number of sulfone groups is 1. The SMILES string of the molecule is COC[C@@]1(C(N)=S)[C@H](S(=O)(=O)c2ccccc2)[C@@H]1c1ccccc1. The Morgan fingerprint density at radius 1 is 1.12 bits per heavy atom. The number of hydrogen-bond donors (Lipinski definition) is 1. The fourth-order valence-electron chi connectivity index (χ4n) is 3.53. The summed E-state index contributed by atoms with van der Waals surface area (Å²) in [6.07, 6.45) is 0. The Bertz CT molecular complexity index is 837. The molecule has 1 fully saturated rings. The number of nitrogens with two attached hydrogens (primary N) is 1. The molecule has 1 aliphatic carbocycles. The largest absolute Gasteiger partial charge is 0.393 e. The van der Waals surface area contributed by atoms with Gasteiger partial charge in [-0.25, -0.2) is 8.42 Å². The van der Waals surface area contributed by atoms with E-state index in [2.05, 4.69) is 0 Å². The van der Waals surface area contributed by atoms with Gasteiger partial charge in [0.15, 0.2) is 9.84 Å². The lowest BCUT2D eigenvalue weighted by Crippen LogP contribution is -2.33. The topological polar surface area (TPSA) is 69.4 Å². The zero-order valence-corrected chi connectivity index (χ0v) is 14.9. The lowest BCUT2D eigenvalue weighted by molar-refractivity contribution is 0.166. The second-order valence-corrected chi connectivity index (χ2v) is 8.51. The molecule has 0 bridgehead atoms. The van der Waals surface area contributed by atoms with Crippen LogP contribution in [0.2, 0.25) is 0 Å². The maximum absolute atomic E-state index is 13.2. The third-order valence-electron chi connectivity index (χ3n) is 4.66. The minimum atomic E-state index is -3.59. The van der Waals surface area contributed by atoms with Crippen LogP contribution >= 0.6 is 12.2 Å². The van der Waals surface area contributed by atoms with Crippen LogP contribution in [0.4, 0.5) is 0 Å². The van der Waals surface area contributed by atoms with Gasteiger partial charge in [0.2, 0.25) is 0 Å². The fraction of sp³-hybridized carbons (Fsp3) is 0.278. The van der Waals surface area contributed by atoms with Crippen molar-refractivity contribution < 1.29 is 13.2 Å². The van der Waals surface area contributed by atoms with E-state index >= 15 is 0 Å². The molecule has 3 atom stereocenters. The molecule has 0 radical (unpaired) electrons. The summed E-state index contributed by atoms with van der Waals surface area (Å²) < 4.78 is 31.7. The van der Waals surface area contributed by atoms with Crippen LogP contribution < -0.4 is 5.73 Å². The summed E-state index contributed by atoms with van der Waals surface area (Å²) in [4.78, 5) is 0.466. The third kappa shape index (κ3) is 2.55. The Morgan fingerprint density at radius 3 is 2.17 bits per heavy atom. The average molecular weight is 361 g/mol. The van der Waals surface area contributed by atoms with Gasteiger partial charge in [0, 0.05) is 13.0 Å². The van der Waals surface area contributed by atoms with Crippen LogP contribution in [0, 0.1) is 5.41 Å². The Kier molecular flexibility index (Phi) is 4.46. The molecule has 1 saturated carbocycles. The molecule has 0 aliphatic heterocycles. The number of methoxy groups -OCH3 is 1. The van der Waals surface area contributed by atoms with Crippen molar-refractivity contribution in [3.8, 4) is 0 Å². The van der Waals surface area contributed by atoms with E-state index in [-0.39, 0.29) is 22.4 Å². The first-order valence-corrected chi connectivity index (χ1v) is 9.54. The highest BCUT2D eigenvalue weighted by atomic mass is 32.2. The number of benzene rings is 2. The molecule has 1 aliphatic rings. The Hall–Kier alpha value is -1.76. The second-order valence-electron chi connectivity index (χ2n) is 6.00. The quantitative estimate of drug-likeness (QED) is 0.801. The maximum Gasteiger partial charge on any atom is 0.182 e. The molecule has 0 aromatic heterocycles. The zero-order valence-electron chi connectivity index (χ0n) is 13.3. The minimum absolute atomic E-state index is 0.179. The monoisotopic (exact) mass is 361 g/mol. The molecule has 0 heterocycles. The molecule has 6 heteroatoms. The highest BCUT2D eigenvalue weighted by Gasteiger charge is 2.73. The summed E-state index contributed by atoms with van der Waals surface area (Å²) in [5.74, 6) is -0.304. The second kappa shape index (κ2) is 6.27. The lowest BCUT2D eigenvalue weighted by atomic mass is 10.00. The summed E-state index contributed by atoms with van der Waals surface area (Å²) in [7, 11) is -2.05. The van der Waals surface area contributed by atoms with E-state index in [1.54, 1.807) is 30.3 Å². The molecule has 0 saturated heterocycles. The third-order valence-corrected chi connectivity index (χ3v) is 7.33. The molecule has 126 valence electrons. The predicted molar refractivity (Wildman–Crippen MR) is 97.7 cm³/mol. The highest BCUT2D eigenvalue weighted by Crippen LogP contribution is 2.64. The predicted octanol–water partition coefficient (Wildman–Crippen LogP) is 2.55. The van der Waals surface area contributed by atoms with Gasteiger partial charge in [0.1, 0.15) is 0 Å². The van der Waals surface area contributed by atoms with Crippen LogP contribution in [-0.2, 0) is 14.6 Å². The standard InChI is InChI=1S/C18H19NO3S2/c1-22-12-18(17(19)23)15(13-8-4-2-5-9-13)16(18)24(20,21)14-10-6-3-7-11-14/h2-11,15-16H,12H2,1H3,(H2,19,23)/t15-,16+,18-/m0/s1. The van der Waals surface area contributed by atoms with Gasteiger partial charge in [-0.15, -0.1) is 0 Å². The number of thiocarbonyl (C=S) groups is 1. The van der Waals surface area contributed by atoms with Crippen molar-refractivity contribution in [3.05, 3.63) is 66.2 Å². The molecule has 0 amide bonds. The smallest absolute Gasteiger partial charge is 0.182 e. The van der Waals surface area contributed by atoms with Gasteiger partial charge in [-0.2, -0.15) is 0 Å². The van der Waals surface area contributed by atoms with Gasteiger partial charge in [-0.05, 0) is 17.7 Å². The molecular weight excluding hydrogens is 342 g/mol. The summed E-state index contributed by atoms with van der Waals surface area (Å²) in [5, 5.41) is -0.716. The van der Waals surface area contributed by atoms with Crippen LogP contribution in [0.25, 0.3) is 0 Å². The van der Waals surface area contributed by atoms with Gasteiger partial charge in [-0.3, -0.25) is 0 Å². The highest BCUT2D eigenvalue weighted by molar-refractivity contribution is 7.92. The van der Waals surface area contributed by atoms with E-state index in [9.17, 15) is 8.42 Å². The van der Waals surface area contributed by atoms with Gasteiger partial charge in [-0.1, -0.05) is 60.7 Å². The van der Waals surface area contributed by atoms with Crippen LogP contribution in [0.15, 0.2) is 65.6 Å². The number of hydrogen-bond acceptors (Lipinski definition) is 4. The van der Waals surface area contributed by atoms with Crippen molar-refractivity contribution in [2.45, 2.75) is 16.1 Å². The summed E-state index contributed by atoms with van der Waals surface area (Å²) in [5.41, 5.74) is 6.03. The summed E-state index contributed by atoms with van der Waals surface area (Å²) in [6, 6.07) is 17.9. The van der Waals surface area contributed by atoms with Gasteiger partial charge in [0.25, 0.3) is 0 Å². The molecule has 2 aromatic carbocycles. The Morgan fingerprint density at radius 2 is 1.67 bits per heavy atom. The maximum atomic E-state index is 13.2. The van der Waals surface area contributed by atoms with Crippen LogP contribution in [0.3, 0.4) is 0 Å². The van der Waals surface area contributed by atoms with E-state index in [0.29, 0.717) is 0 Å². The molecule has 2 aromatic rings. The van der Waals surface area contributed by atoms with E-state index in [1.165, 1.54) is 7.11 Å². The molecular formula is C18H19NO3S2. The summed E-state index contributed by atoms with van der Waals surface area (Å²) >= 11 is 5.27. The molecule has 0 spiro atoms. The van der Waals surface area contributed by atoms with Crippen LogP contribution in [0.1, 0.15) is 11.5 Å². The van der Waals surface area contributed by atoms with Gasteiger partial charge < -0.3 is 10.5 Å². The molecule has 2 N–H and O–H groups in total. The first-order valence-electron chi connectivity index (χ1n) is 7.59. The first-order chi connectivity index (χ1) is 11.5. The first kappa shape index (κ1) is 17.1. The van der Waals surface area contributed by atoms with Crippen molar-refractivity contribution in [2.75, 3.05) is 13.7 Å². The van der Waals surface area contributed by atoms with Crippen molar-refractivity contribution in [1.82, 2.24) is 0 Å². The Labute approximate surface area is 147 Å². The van der Waals surface area contributed by atoms with E-state index in [1.807, 2.05) is 30.3 Å². The van der Waals surface area contributed by atoms with Gasteiger partial charge in [0.05, 0.1) is 27.2 Å². The van der Waals surface area contributed by atoms with E-state index in [4.69, 9.17) is 22.7 Å². The van der Waals surface area contributed by atoms with Gasteiger partial charge >= 0.3 is 0 Å². The van der Waals surface area contributed by atoms with E-state index in [0.717, 1.165) is 5.56 Å². The fourth-order valence-corrected chi connectivity index (χ4v) is 6.32. The normalized spacial score (nSPS) is 26.0. The molecule has 4 nitrogen and oxygen atoms in total. The Balaban J connectivity index is 2.12. The van der Waals surface area contributed by atoms with Crippen molar-refractivity contribution in [1.29, 1.82) is 0 Å². The zero-order chi connectivity index (χ0) is 17.4. The number of ether oxygens (including phenoxy) is 1. The van der Waals surface area contributed by atoms with Crippen molar-refractivity contribution >= 4 is 27.0 Å². The number of rotatable bonds is 6.